The summed E-state index contributed by atoms with van der Waals surface area (Å²) in [6.07, 6.45) is 2.20. The molecule has 1 fully saturated rings. The first-order valence-electron chi connectivity index (χ1n) is 9.10. The summed E-state index contributed by atoms with van der Waals surface area (Å²) in [7, 11) is 2.12. The average molecular weight is 361 g/mol. The molecule has 0 aliphatic carbocycles. The van der Waals surface area contributed by atoms with Crippen molar-refractivity contribution in [3.05, 3.63) is 59.7 Å². The standard InChI is InChI=1S/C20H23N7/c1-25-9-11-26(12-10-25)20-7-6-18(21)27(24-20)19(22)14-15-4-5-17-16(13-15)3-2-8-23-17/h2-8,13,21-22H,9-12,14H2,1H3. The SMILES string of the molecule is CN1CCN(c2ccc(=N)n(C(=N)Cc3ccc4ncccc4c3)n2)CC1. The Bertz CT molecular complexity index is 1030. The lowest BCUT2D eigenvalue weighted by molar-refractivity contribution is 0.311. The van der Waals surface area contributed by atoms with Crippen LogP contribution in [0, 0.1) is 10.8 Å². The van der Waals surface area contributed by atoms with Gasteiger partial charge in [-0.25, -0.2) is 0 Å². The van der Waals surface area contributed by atoms with Crippen LogP contribution in [-0.2, 0) is 6.42 Å². The maximum Gasteiger partial charge on any atom is 0.149 e. The Labute approximate surface area is 157 Å². The minimum atomic E-state index is 0.223. The van der Waals surface area contributed by atoms with Gasteiger partial charge >= 0.3 is 0 Å². The molecule has 1 aliphatic heterocycles. The van der Waals surface area contributed by atoms with Crippen molar-refractivity contribution in [3.8, 4) is 0 Å². The van der Waals surface area contributed by atoms with E-state index in [9.17, 15) is 0 Å². The summed E-state index contributed by atoms with van der Waals surface area (Å²) in [6.45, 7) is 3.80. The van der Waals surface area contributed by atoms with Crippen LogP contribution in [0.5, 0.6) is 0 Å². The van der Waals surface area contributed by atoms with Gasteiger partial charge in [-0.05, 0) is 42.9 Å². The van der Waals surface area contributed by atoms with E-state index < -0.39 is 0 Å². The van der Waals surface area contributed by atoms with E-state index in [0.29, 0.717) is 12.3 Å². The Hall–Kier alpha value is -3.06. The Morgan fingerprint density at radius 1 is 1.07 bits per heavy atom. The lowest BCUT2D eigenvalue weighted by atomic mass is 10.1. The van der Waals surface area contributed by atoms with Crippen LogP contribution >= 0.6 is 0 Å². The molecule has 138 valence electrons. The zero-order valence-electron chi connectivity index (χ0n) is 15.4. The van der Waals surface area contributed by atoms with Crippen molar-refractivity contribution in [1.82, 2.24) is 19.7 Å². The van der Waals surface area contributed by atoms with Crippen molar-refractivity contribution >= 4 is 22.6 Å². The van der Waals surface area contributed by atoms with E-state index in [1.165, 1.54) is 4.68 Å². The van der Waals surface area contributed by atoms with Crippen molar-refractivity contribution < 1.29 is 0 Å². The molecule has 0 unspecified atom stereocenters. The number of hydrogen-bond acceptors (Lipinski definition) is 6. The van der Waals surface area contributed by atoms with Crippen molar-refractivity contribution in [1.29, 1.82) is 10.8 Å². The summed E-state index contributed by atoms with van der Waals surface area (Å²) in [4.78, 5) is 8.84. The third-order valence-electron chi connectivity index (χ3n) is 4.94. The molecule has 3 aromatic rings. The van der Waals surface area contributed by atoms with Gasteiger partial charge in [0, 0.05) is 44.2 Å². The molecular formula is C20H23N7. The van der Waals surface area contributed by atoms with Gasteiger partial charge in [0.15, 0.2) is 0 Å². The fourth-order valence-corrected chi connectivity index (χ4v) is 3.33. The van der Waals surface area contributed by atoms with E-state index in [2.05, 4.69) is 26.9 Å². The maximum atomic E-state index is 8.50. The first-order valence-corrected chi connectivity index (χ1v) is 9.10. The second-order valence-electron chi connectivity index (χ2n) is 6.93. The molecule has 4 rings (SSSR count). The Morgan fingerprint density at radius 2 is 1.89 bits per heavy atom. The van der Waals surface area contributed by atoms with Crippen LogP contribution in [0.4, 0.5) is 5.82 Å². The smallest absolute Gasteiger partial charge is 0.149 e. The number of nitrogens with zero attached hydrogens (tertiary/aromatic N) is 5. The van der Waals surface area contributed by atoms with Crippen molar-refractivity contribution in [2.24, 2.45) is 0 Å². The highest BCUT2D eigenvalue weighted by Gasteiger charge is 2.16. The molecule has 27 heavy (non-hydrogen) atoms. The lowest BCUT2D eigenvalue weighted by Crippen LogP contribution is -2.45. The highest BCUT2D eigenvalue weighted by atomic mass is 15.4. The van der Waals surface area contributed by atoms with E-state index in [4.69, 9.17) is 10.8 Å². The van der Waals surface area contributed by atoms with Crippen molar-refractivity contribution in [2.45, 2.75) is 6.42 Å². The highest BCUT2D eigenvalue weighted by molar-refractivity contribution is 5.85. The Kier molecular flexibility index (Phi) is 4.68. The fourth-order valence-electron chi connectivity index (χ4n) is 3.33. The summed E-state index contributed by atoms with van der Waals surface area (Å²) in [5.41, 5.74) is 2.18. The molecule has 7 heteroatoms. The first kappa shape index (κ1) is 17.4. The summed E-state index contributed by atoms with van der Waals surface area (Å²) >= 11 is 0. The molecule has 0 spiro atoms. The summed E-state index contributed by atoms with van der Waals surface area (Å²) < 4.78 is 1.43. The van der Waals surface area contributed by atoms with Gasteiger partial charge in [0.25, 0.3) is 0 Å². The van der Waals surface area contributed by atoms with Crippen LogP contribution in [0.3, 0.4) is 0 Å². The minimum Gasteiger partial charge on any atom is -0.353 e. The number of pyridine rings is 1. The largest absolute Gasteiger partial charge is 0.353 e. The van der Waals surface area contributed by atoms with Crippen LogP contribution in [0.2, 0.25) is 0 Å². The quantitative estimate of drug-likeness (QED) is 0.550. The Balaban J connectivity index is 1.57. The van der Waals surface area contributed by atoms with Gasteiger partial charge in [0.05, 0.1) is 5.52 Å². The summed E-state index contributed by atoms with van der Waals surface area (Å²) in [6, 6.07) is 13.5. The minimum absolute atomic E-state index is 0.223. The lowest BCUT2D eigenvalue weighted by Gasteiger charge is -2.33. The van der Waals surface area contributed by atoms with Crippen LogP contribution in [0.15, 0.2) is 48.7 Å². The predicted octanol–water partition coefficient (Wildman–Crippen LogP) is 1.73. The molecule has 0 bridgehead atoms. The zero-order chi connectivity index (χ0) is 18.8. The molecular weight excluding hydrogens is 338 g/mol. The van der Waals surface area contributed by atoms with Gasteiger partial charge in [0.2, 0.25) is 0 Å². The molecule has 1 aromatic carbocycles. The van der Waals surface area contributed by atoms with Gasteiger partial charge in [-0.1, -0.05) is 12.1 Å². The molecule has 2 aromatic heterocycles. The first-order chi connectivity index (χ1) is 13.1. The fraction of sp³-hybridized carbons (Fsp3) is 0.300. The molecule has 0 amide bonds. The topological polar surface area (TPSA) is 84.9 Å². The molecule has 1 aliphatic rings. The number of likely N-dealkylation sites (N-methyl/N-ethyl adjacent to an activating group) is 1. The van der Waals surface area contributed by atoms with Gasteiger partial charge in [-0.3, -0.25) is 15.8 Å². The monoisotopic (exact) mass is 361 g/mol. The summed E-state index contributed by atoms with van der Waals surface area (Å²) in [5.74, 6) is 1.12. The molecule has 0 atom stereocenters. The molecule has 7 nitrogen and oxygen atoms in total. The second-order valence-corrected chi connectivity index (χ2v) is 6.93. The number of piperazine rings is 1. The number of nitrogens with one attached hydrogen (secondary N) is 2. The highest BCUT2D eigenvalue weighted by Crippen LogP contribution is 2.15. The zero-order valence-corrected chi connectivity index (χ0v) is 15.4. The van der Waals surface area contributed by atoms with Gasteiger partial charge in [-0.2, -0.15) is 4.68 Å². The van der Waals surface area contributed by atoms with Crippen molar-refractivity contribution in [2.75, 3.05) is 38.1 Å². The molecule has 2 N–H and O–H groups in total. The van der Waals surface area contributed by atoms with Crippen LogP contribution < -0.4 is 10.4 Å². The maximum absolute atomic E-state index is 8.50. The van der Waals surface area contributed by atoms with Crippen LogP contribution in [0.1, 0.15) is 5.56 Å². The number of aromatic nitrogens is 3. The van der Waals surface area contributed by atoms with Crippen molar-refractivity contribution in [3.63, 3.8) is 0 Å². The summed E-state index contributed by atoms with van der Waals surface area (Å²) in [5, 5.41) is 22.3. The molecule has 0 saturated carbocycles. The van der Waals surface area contributed by atoms with E-state index >= 15 is 0 Å². The second kappa shape index (κ2) is 7.28. The third-order valence-corrected chi connectivity index (χ3v) is 4.94. The van der Waals surface area contributed by atoms with Gasteiger partial charge < -0.3 is 9.80 Å². The van der Waals surface area contributed by atoms with E-state index in [0.717, 1.165) is 48.5 Å². The number of rotatable bonds is 3. The van der Waals surface area contributed by atoms with Gasteiger partial charge in [-0.15, -0.1) is 5.10 Å². The predicted molar refractivity (Wildman–Crippen MR) is 106 cm³/mol. The van der Waals surface area contributed by atoms with Crippen LogP contribution in [-0.4, -0.2) is 58.7 Å². The number of fused-ring (bicyclic) bond motifs is 1. The van der Waals surface area contributed by atoms with E-state index in [1.807, 2.05) is 36.4 Å². The normalized spacial score (nSPS) is 15.2. The van der Waals surface area contributed by atoms with Crippen LogP contribution in [0.25, 0.3) is 10.9 Å². The Morgan fingerprint density at radius 3 is 2.70 bits per heavy atom. The molecule has 3 heterocycles. The van der Waals surface area contributed by atoms with Gasteiger partial charge in [0.1, 0.15) is 17.1 Å². The van der Waals surface area contributed by atoms with E-state index in [1.54, 1.807) is 12.3 Å². The molecule has 0 radical (unpaired) electrons. The average Bonchev–Trinajstić information content (AvgIpc) is 2.69. The number of benzene rings is 1. The third kappa shape index (κ3) is 3.73. The number of hydrogen-bond donors (Lipinski definition) is 2. The van der Waals surface area contributed by atoms with E-state index in [-0.39, 0.29) is 5.49 Å². The molecule has 1 saturated heterocycles. The number of anilines is 1.